The Hall–Kier alpha value is -1.87. The number of carbonyl (C=O) groups excluding carboxylic acids is 1. The first kappa shape index (κ1) is 16.0. The minimum atomic E-state index is -2.98. The molecule has 1 unspecified atom stereocenters. The molecule has 0 radical (unpaired) electrons. The third-order valence-electron chi connectivity index (χ3n) is 4.54. The molecule has 122 valence electrons. The number of nitrogens with zero attached hydrogens (tertiary/aromatic N) is 2. The van der Waals surface area contributed by atoms with E-state index in [4.69, 9.17) is 5.26 Å². The highest BCUT2D eigenvalue weighted by atomic mass is 32.2. The molecule has 0 aromatic heterocycles. The molecular formula is C17H20N2O3S. The van der Waals surface area contributed by atoms with Crippen LogP contribution in [0.4, 0.5) is 0 Å². The Bertz CT molecular complexity index is 730. The predicted octanol–water partition coefficient (Wildman–Crippen LogP) is 1.67. The molecule has 1 aliphatic carbocycles. The van der Waals surface area contributed by atoms with Gasteiger partial charge < -0.3 is 4.90 Å². The van der Waals surface area contributed by atoms with Crippen LogP contribution in [0.1, 0.15) is 36.8 Å². The van der Waals surface area contributed by atoms with Gasteiger partial charge in [0.15, 0.2) is 9.84 Å². The molecule has 1 aliphatic heterocycles. The lowest BCUT2D eigenvalue weighted by Gasteiger charge is -2.28. The zero-order valence-electron chi connectivity index (χ0n) is 12.9. The van der Waals surface area contributed by atoms with E-state index in [0.717, 1.165) is 18.4 Å². The van der Waals surface area contributed by atoms with Crippen molar-refractivity contribution in [2.45, 2.75) is 44.2 Å². The molecule has 1 amide bonds. The van der Waals surface area contributed by atoms with Gasteiger partial charge in [-0.3, -0.25) is 4.79 Å². The quantitative estimate of drug-likeness (QED) is 0.821. The predicted molar refractivity (Wildman–Crippen MR) is 86.4 cm³/mol. The van der Waals surface area contributed by atoms with Crippen molar-refractivity contribution < 1.29 is 13.2 Å². The van der Waals surface area contributed by atoms with Crippen molar-refractivity contribution in [2.24, 2.45) is 0 Å². The average Bonchev–Trinajstić information content (AvgIpc) is 3.29. The Morgan fingerprint density at radius 3 is 2.39 bits per heavy atom. The van der Waals surface area contributed by atoms with Crippen molar-refractivity contribution in [3.05, 3.63) is 35.4 Å². The van der Waals surface area contributed by atoms with E-state index in [1.54, 1.807) is 12.1 Å². The van der Waals surface area contributed by atoms with Crippen LogP contribution in [0.3, 0.4) is 0 Å². The van der Waals surface area contributed by atoms with Gasteiger partial charge in [-0.2, -0.15) is 5.26 Å². The van der Waals surface area contributed by atoms with Crippen molar-refractivity contribution in [1.82, 2.24) is 4.90 Å². The summed E-state index contributed by atoms with van der Waals surface area (Å²) in [5.41, 5.74) is 1.63. The number of hydrogen-bond acceptors (Lipinski definition) is 4. The topological polar surface area (TPSA) is 78.2 Å². The summed E-state index contributed by atoms with van der Waals surface area (Å²) in [6, 6.07) is 9.41. The van der Waals surface area contributed by atoms with E-state index in [-0.39, 0.29) is 29.5 Å². The Kier molecular flexibility index (Phi) is 4.40. The zero-order chi connectivity index (χ0) is 16.4. The van der Waals surface area contributed by atoms with Gasteiger partial charge in [-0.05, 0) is 43.4 Å². The van der Waals surface area contributed by atoms with Gasteiger partial charge in [-0.25, -0.2) is 8.42 Å². The summed E-state index contributed by atoms with van der Waals surface area (Å²) in [5.74, 6) is 0.370. The monoisotopic (exact) mass is 332 g/mol. The number of sulfone groups is 1. The molecule has 6 heteroatoms. The van der Waals surface area contributed by atoms with Crippen molar-refractivity contribution >= 4 is 15.7 Å². The molecule has 1 saturated heterocycles. The summed E-state index contributed by atoms with van der Waals surface area (Å²) >= 11 is 0. The fraction of sp³-hybridized carbons (Fsp3) is 0.529. The molecule has 2 fully saturated rings. The smallest absolute Gasteiger partial charge is 0.223 e. The van der Waals surface area contributed by atoms with Crippen LogP contribution in [0, 0.1) is 11.3 Å². The van der Waals surface area contributed by atoms with Crippen molar-refractivity contribution in [3.63, 3.8) is 0 Å². The highest BCUT2D eigenvalue weighted by Gasteiger charge is 2.41. The summed E-state index contributed by atoms with van der Waals surface area (Å²) in [4.78, 5) is 14.4. The summed E-state index contributed by atoms with van der Waals surface area (Å²) in [7, 11) is -2.98. The number of rotatable bonds is 5. The lowest BCUT2D eigenvalue weighted by atomic mass is 10.1. The fourth-order valence-corrected chi connectivity index (χ4v) is 4.89. The average molecular weight is 332 g/mol. The van der Waals surface area contributed by atoms with Gasteiger partial charge in [0.1, 0.15) is 0 Å². The third kappa shape index (κ3) is 3.91. The van der Waals surface area contributed by atoms with Gasteiger partial charge in [-0.1, -0.05) is 12.1 Å². The van der Waals surface area contributed by atoms with Crippen LogP contribution in [0.5, 0.6) is 0 Å². The van der Waals surface area contributed by atoms with Crippen molar-refractivity contribution in [3.8, 4) is 6.07 Å². The molecule has 5 nitrogen and oxygen atoms in total. The van der Waals surface area contributed by atoms with Gasteiger partial charge >= 0.3 is 0 Å². The molecule has 1 atom stereocenters. The van der Waals surface area contributed by atoms with E-state index in [2.05, 4.69) is 6.07 Å². The van der Waals surface area contributed by atoms with Crippen LogP contribution in [-0.2, 0) is 21.1 Å². The summed E-state index contributed by atoms with van der Waals surface area (Å²) in [6.45, 7) is 0. The number of nitriles is 1. The van der Waals surface area contributed by atoms with E-state index in [1.165, 1.54) is 0 Å². The van der Waals surface area contributed by atoms with Crippen LogP contribution in [0.2, 0.25) is 0 Å². The zero-order valence-corrected chi connectivity index (χ0v) is 13.8. The van der Waals surface area contributed by atoms with E-state index < -0.39 is 9.84 Å². The van der Waals surface area contributed by atoms with Crippen LogP contribution >= 0.6 is 0 Å². The molecular weight excluding hydrogens is 312 g/mol. The lowest BCUT2D eigenvalue weighted by molar-refractivity contribution is -0.133. The van der Waals surface area contributed by atoms with E-state index in [0.29, 0.717) is 24.8 Å². The van der Waals surface area contributed by atoms with Gasteiger partial charge in [0, 0.05) is 18.5 Å². The van der Waals surface area contributed by atoms with E-state index in [1.807, 2.05) is 17.0 Å². The van der Waals surface area contributed by atoms with Gasteiger partial charge in [0.2, 0.25) is 5.91 Å². The second-order valence-corrected chi connectivity index (χ2v) is 8.63. The Labute approximate surface area is 136 Å². The highest BCUT2D eigenvalue weighted by molar-refractivity contribution is 7.91. The fourth-order valence-electron chi connectivity index (χ4n) is 3.18. The Balaban J connectivity index is 1.62. The molecule has 0 N–H and O–H groups in total. The first-order valence-electron chi connectivity index (χ1n) is 7.99. The number of benzene rings is 1. The first-order chi connectivity index (χ1) is 11.0. The number of carbonyl (C=O) groups is 1. The molecule has 1 aromatic rings. The second kappa shape index (κ2) is 6.32. The van der Waals surface area contributed by atoms with E-state index >= 15 is 0 Å². The first-order valence-corrected chi connectivity index (χ1v) is 9.81. The van der Waals surface area contributed by atoms with Crippen molar-refractivity contribution in [1.29, 1.82) is 5.26 Å². The molecule has 3 rings (SSSR count). The van der Waals surface area contributed by atoms with Crippen LogP contribution in [0.15, 0.2) is 24.3 Å². The number of hydrogen-bond donors (Lipinski definition) is 0. The highest BCUT2D eigenvalue weighted by Crippen LogP contribution is 2.32. The standard InChI is InChI=1S/C17H20N2O3S/c18-11-14-3-1-13(2-4-14)5-8-17(20)19(15-6-7-15)16-9-10-23(21,22)12-16/h1-4,15-16H,5-10,12H2. The Morgan fingerprint density at radius 2 is 1.87 bits per heavy atom. The minimum Gasteiger partial charge on any atom is -0.336 e. The maximum absolute atomic E-state index is 12.6. The SMILES string of the molecule is N#Cc1ccc(CCC(=O)N(C2CC2)C2CCS(=O)(=O)C2)cc1. The Morgan fingerprint density at radius 1 is 1.17 bits per heavy atom. The molecule has 0 spiro atoms. The molecule has 2 aliphatic rings. The molecule has 1 aromatic carbocycles. The largest absolute Gasteiger partial charge is 0.336 e. The van der Waals surface area contributed by atoms with Crippen LogP contribution < -0.4 is 0 Å². The second-order valence-electron chi connectivity index (χ2n) is 6.40. The summed E-state index contributed by atoms with van der Waals surface area (Å²) in [5, 5.41) is 8.79. The van der Waals surface area contributed by atoms with Crippen LogP contribution in [-0.4, -0.2) is 42.8 Å². The summed E-state index contributed by atoms with van der Waals surface area (Å²) < 4.78 is 23.4. The van der Waals surface area contributed by atoms with Gasteiger partial charge in [-0.15, -0.1) is 0 Å². The lowest BCUT2D eigenvalue weighted by Crippen LogP contribution is -2.42. The number of aryl methyl sites for hydroxylation is 1. The number of amides is 1. The van der Waals surface area contributed by atoms with Gasteiger partial charge in [0.05, 0.1) is 23.1 Å². The minimum absolute atomic E-state index is 0.0546. The maximum Gasteiger partial charge on any atom is 0.223 e. The molecule has 1 saturated carbocycles. The normalized spacial score (nSPS) is 22.5. The van der Waals surface area contributed by atoms with Crippen molar-refractivity contribution in [2.75, 3.05) is 11.5 Å². The maximum atomic E-state index is 12.6. The van der Waals surface area contributed by atoms with Crippen LogP contribution in [0.25, 0.3) is 0 Å². The van der Waals surface area contributed by atoms with E-state index in [9.17, 15) is 13.2 Å². The molecule has 0 bridgehead atoms. The molecule has 23 heavy (non-hydrogen) atoms. The van der Waals surface area contributed by atoms with Gasteiger partial charge in [0.25, 0.3) is 0 Å². The third-order valence-corrected chi connectivity index (χ3v) is 6.29. The molecule has 1 heterocycles. The summed E-state index contributed by atoms with van der Waals surface area (Å²) in [6.07, 6.45) is 3.55.